The molecule has 3 heterocycles. The zero-order valence-electron chi connectivity index (χ0n) is 18.1. The fourth-order valence-corrected chi connectivity index (χ4v) is 6.65. The Hall–Kier alpha value is -2.47. The van der Waals surface area contributed by atoms with Crippen molar-refractivity contribution in [3.63, 3.8) is 0 Å². The van der Waals surface area contributed by atoms with Gasteiger partial charge in [0.15, 0.2) is 0 Å². The van der Waals surface area contributed by atoms with Gasteiger partial charge in [-0.2, -0.15) is 0 Å². The van der Waals surface area contributed by atoms with Gasteiger partial charge in [-0.05, 0) is 57.7 Å². The quantitative estimate of drug-likeness (QED) is 0.849. The molecule has 5 rings (SSSR count). The van der Waals surface area contributed by atoms with Gasteiger partial charge in [-0.15, -0.1) is 0 Å². The summed E-state index contributed by atoms with van der Waals surface area (Å²) in [6.45, 7) is 4.26. The Kier molecular flexibility index (Phi) is 4.58. The number of benzene rings is 1. The Balaban J connectivity index is 1.55. The van der Waals surface area contributed by atoms with E-state index in [2.05, 4.69) is 64.1 Å². The number of aromatic nitrogens is 2. The molecule has 158 valence electrons. The van der Waals surface area contributed by atoms with Crippen LogP contribution in [-0.4, -0.2) is 56.9 Å². The molecule has 2 N–H and O–H groups in total. The number of likely N-dealkylation sites (tertiary alicyclic amines) is 2. The van der Waals surface area contributed by atoms with Gasteiger partial charge in [-0.3, -0.25) is 9.69 Å². The number of rotatable bonds is 3. The second kappa shape index (κ2) is 7.05. The lowest BCUT2D eigenvalue weighted by Gasteiger charge is -2.51. The highest BCUT2D eigenvalue weighted by molar-refractivity contribution is 5.93. The van der Waals surface area contributed by atoms with Gasteiger partial charge in [0.25, 0.3) is 5.91 Å². The number of nitrogens with two attached hydrogens (primary N) is 1. The largest absolute Gasteiger partial charge is 0.368 e. The Morgan fingerprint density at radius 3 is 2.67 bits per heavy atom. The Morgan fingerprint density at radius 1 is 1.20 bits per heavy atom. The van der Waals surface area contributed by atoms with Gasteiger partial charge in [0, 0.05) is 35.3 Å². The molecule has 3 aliphatic rings. The van der Waals surface area contributed by atoms with E-state index in [1.807, 2.05) is 6.92 Å². The molecule has 5 atom stereocenters. The van der Waals surface area contributed by atoms with E-state index in [4.69, 9.17) is 5.73 Å². The summed E-state index contributed by atoms with van der Waals surface area (Å²) in [5, 5.41) is 0. The van der Waals surface area contributed by atoms with Gasteiger partial charge in [-0.25, -0.2) is 9.97 Å². The van der Waals surface area contributed by atoms with Gasteiger partial charge in [0.1, 0.15) is 5.69 Å². The molecule has 1 aromatic heterocycles. The molecule has 0 unspecified atom stereocenters. The highest BCUT2D eigenvalue weighted by atomic mass is 16.2. The van der Waals surface area contributed by atoms with Crippen molar-refractivity contribution in [1.29, 1.82) is 0 Å². The average Bonchev–Trinajstić information content (AvgIpc) is 3.02. The molecule has 0 radical (unpaired) electrons. The van der Waals surface area contributed by atoms with Crippen molar-refractivity contribution < 1.29 is 4.79 Å². The zero-order chi connectivity index (χ0) is 21.0. The van der Waals surface area contributed by atoms with Gasteiger partial charge in [0.05, 0.1) is 0 Å². The second-order valence-corrected chi connectivity index (χ2v) is 9.63. The number of fused-ring (bicyclic) bond motifs is 1. The second-order valence-electron chi connectivity index (χ2n) is 9.63. The summed E-state index contributed by atoms with van der Waals surface area (Å²) < 4.78 is 0. The van der Waals surface area contributed by atoms with Crippen LogP contribution in [0.3, 0.4) is 0 Å². The summed E-state index contributed by atoms with van der Waals surface area (Å²) in [6.07, 6.45) is 5.46. The minimum Gasteiger partial charge on any atom is -0.368 e. The molecular formula is C24H31N5O. The van der Waals surface area contributed by atoms with Crippen molar-refractivity contribution in [3.05, 3.63) is 53.3 Å². The van der Waals surface area contributed by atoms with Crippen molar-refractivity contribution in [3.8, 4) is 0 Å². The SMILES string of the molecule is Cc1cc(C(=O)N2[C@H]3CCC[C@H]4N(C)[C@@H](Cc5ccccc5)[C@@H]2C[C@@]34C)nc(N)n1. The number of hydrogen-bond acceptors (Lipinski definition) is 5. The van der Waals surface area contributed by atoms with E-state index < -0.39 is 0 Å². The highest BCUT2D eigenvalue weighted by Crippen LogP contribution is 2.56. The molecule has 2 bridgehead atoms. The van der Waals surface area contributed by atoms with Crippen molar-refractivity contribution in [2.45, 2.75) is 70.1 Å². The molecule has 3 fully saturated rings. The van der Waals surface area contributed by atoms with E-state index in [1.54, 1.807) is 6.07 Å². The number of carbonyl (C=O) groups is 1. The predicted octanol–water partition coefficient (Wildman–Crippen LogP) is 3.07. The van der Waals surface area contributed by atoms with Crippen molar-refractivity contribution in [2.24, 2.45) is 5.41 Å². The number of nitrogen functional groups attached to an aromatic ring is 1. The van der Waals surface area contributed by atoms with Crippen LogP contribution in [0.1, 0.15) is 54.4 Å². The van der Waals surface area contributed by atoms with E-state index in [-0.39, 0.29) is 29.4 Å². The Labute approximate surface area is 178 Å². The van der Waals surface area contributed by atoms with Gasteiger partial charge in [-0.1, -0.05) is 37.3 Å². The first kappa shape index (κ1) is 19.5. The van der Waals surface area contributed by atoms with Crippen LogP contribution in [0.2, 0.25) is 0 Å². The molecule has 2 aromatic rings. The molecule has 0 spiro atoms. The molecule has 1 aliphatic carbocycles. The molecule has 2 aliphatic heterocycles. The van der Waals surface area contributed by atoms with Gasteiger partial charge < -0.3 is 10.6 Å². The maximum atomic E-state index is 13.8. The number of hydrogen-bond donors (Lipinski definition) is 1. The van der Waals surface area contributed by atoms with E-state index in [1.165, 1.54) is 12.0 Å². The molecular weight excluding hydrogens is 374 g/mol. The lowest BCUT2D eigenvalue weighted by Crippen LogP contribution is -2.59. The topological polar surface area (TPSA) is 75.4 Å². The lowest BCUT2D eigenvalue weighted by molar-refractivity contribution is -0.00397. The van der Waals surface area contributed by atoms with Crippen molar-refractivity contribution >= 4 is 11.9 Å². The first-order valence-corrected chi connectivity index (χ1v) is 11.1. The highest BCUT2D eigenvalue weighted by Gasteiger charge is 2.63. The number of likely N-dealkylation sites (N-methyl/N-ethyl adjacent to an activating group) is 1. The van der Waals surface area contributed by atoms with Crippen LogP contribution in [0.5, 0.6) is 0 Å². The average molecular weight is 406 g/mol. The summed E-state index contributed by atoms with van der Waals surface area (Å²) in [5.74, 6) is 0.186. The molecule has 2 saturated heterocycles. The summed E-state index contributed by atoms with van der Waals surface area (Å²) in [5.41, 5.74) is 8.51. The lowest BCUT2D eigenvalue weighted by atomic mass is 9.64. The number of aryl methyl sites for hydroxylation is 1. The van der Waals surface area contributed by atoms with Crippen molar-refractivity contribution in [1.82, 2.24) is 19.8 Å². The Bertz CT molecular complexity index is 943. The first-order chi connectivity index (χ1) is 14.4. The van der Waals surface area contributed by atoms with Crippen LogP contribution >= 0.6 is 0 Å². The van der Waals surface area contributed by atoms with E-state index in [0.29, 0.717) is 17.8 Å². The smallest absolute Gasteiger partial charge is 0.273 e. The minimum atomic E-state index is 0.0138. The van der Waals surface area contributed by atoms with Crippen LogP contribution in [-0.2, 0) is 6.42 Å². The standard InChI is InChI=1S/C24H31N5O/c1-15-12-17(27-23(25)26-15)22(30)29-19-14-24(2)20(10-7-11-21(24)29)28(3)18(19)13-16-8-5-4-6-9-16/h4-6,8-9,12,18-21H,7,10-11,13-14H2,1-3H3,(H2,25,26,27)/t18-,19-,20+,21-,24+/m0/s1. The third kappa shape index (κ3) is 2.92. The molecule has 6 nitrogen and oxygen atoms in total. The molecule has 1 saturated carbocycles. The van der Waals surface area contributed by atoms with Crippen LogP contribution in [0, 0.1) is 12.3 Å². The normalized spacial score (nSPS) is 33.0. The first-order valence-electron chi connectivity index (χ1n) is 11.1. The minimum absolute atomic E-state index is 0.0138. The predicted molar refractivity (Wildman–Crippen MR) is 117 cm³/mol. The zero-order valence-corrected chi connectivity index (χ0v) is 18.1. The summed E-state index contributed by atoms with van der Waals surface area (Å²) in [6, 6.07) is 13.7. The maximum Gasteiger partial charge on any atom is 0.273 e. The number of carbonyl (C=O) groups excluding carboxylic acids is 1. The van der Waals surface area contributed by atoms with Crippen LogP contribution in [0.4, 0.5) is 5.95 Å². The van der Waals surface area contributed by atoms with Crippen LogP contribution < -0.4 is 5.73 Å². The molecule has 6 heteroatoms. The fraction of sp³-hybridized carbons (Fsp3) is 0.542. The van der Waals surface area contributed by atoms with E-state index in [9.17, 15) is 4.79 Å². The summed E-state index contributed by atoms with van der Waals surface area (Å²) in [7, 11) is 2.27. The number of anilines is 1. The monoisotopic (exact) mass is 405 g/mol. The summed E-state index contributed by atoms with van der Waals surface area (Å²) in [4.78, 5) is 27.0. The number of piperidine rings is 1. The third-order valence-electron chi connectivity index (χ3n) is 7.89. The van der Waals surface area contributed by atoms with Gasteiger partial charge in [0.2, 0.25) is 5.95 Å². The fourth-order valence-electron chi connectivity index (χ4n) is 6.65. The summed E-state index contributed by atoms with van der Waals surface area (Å²) >= 11 is 0. The maximum absolute atomic E-state index is 13.8. The molecule has 1 amide bonds. The Morgan fingerprint density at radius 2 is 1.93 bits per heavy atom. The third-order valence-corrected chi connectivity index (χ3v) is 7.89. The number of amides is 1. The van der Waals surface area contributed by atoms with Crippen molar-refractivity contribution in [2.75, 3.05) is 12.8 Å². The van der Waals surface area contributed by atoms with E-state index in [0.717, 1.165) is 31.4 Å². The van der Waals surface area contributed by atoms with Gasteiger partial charge >= 0.3 is 0 Å². The number of nitrogens with zero attached hydrogens (tertiary/aromatic N) is 4. The van der Waals surface area contributed by atoms with E-state index >= 15 is 0 Å². The molecule has 30 heavy (non-hydrogen) atoms. The van der Waals surface area contributed by atoms with Crippen LogP contribution in [0.25, 0.3) is 0 Å². The molecule has 1 aromatic carbocycles. The van der Waals surface area contributed by atoms with Crippen LogP contribution in [0.15, 0.2) is 36.4 Å².